The summed E-state index contributed by atoms with van der Waals surface area (Å²) < 4.78 is 0. The van der Waals surface area contributed by atoms with Crippen LogP contribution in [0.25, 0.3) is 0 Å². The van der Waals surface area contributed by atoms with Crippen molar-refractivity contribution in [3.8, 4) is 0 Å². The smallest absolute Gasteiger partial charge is 0.0249 e. The second-order valence-electron chi connectivity index (χ2n) is 7.19. The molecule has 3 atom stereocenters. The van der Waals surface area contributed by atoms with Crippen LogP contribution in [-0.2, 0) is 0 Å². The zero-order chi connectivity index (χ0) is 13.1. The molecule has 3 rings (SSSR count). The van der Waals surface area contributed by atoms with Crippen molar-refractivity contribution in [1.29, 1.82) is 0 Å². The lowest BCUT2D eigenvalue weighted by Gasteiger charge is -2.45. The third kappa shape index (κ3) is 3.00. The first kappa shape index (κ1) is 13.9. The van der Waals surface area contributed by atoms with Gasteiger partial charge in [0.15, 0.2) is 0 Å². The molecule has 19 heavy (non-hydrogen) atoms. The van der Waals surface area contributed by atoms with Crippen LogP contribution >= 0.6 is 0 Å². The Morgan fingerprint density at radius 1 is 0.842 bits per heavy atom. The van der Waals surface area contributed by atoms with E-state index in [9.17, 15) is 0 Å². The number of hydrogen-bond acceptors (Lipinski definition) is 2. The molecule has 0 aromatic rings. The van der Waals surface area contributed by atoms with Gasteiger partial charge in [0.2, 0.25) is 0 Å². The topological polar surface area (TPSA) is 29.3 Å². The van der Waals surface area contributed by atoms with Crippen molar-refractivity contribution >= 4 is 0 Å². The van der Waals surface area contributed by atoms with Crippen LogP contribution in [0.4, 0.5) is 0 Å². The molecule has 3 fully saturated rings. The first-order chi connectivity index (χ1) is 9.40. The van der Waals surface area contributed by atoms with E-state index < -0.39 is 0 Å². The predicted octanol–water partition coefficient (Wildman–Crippen LogP) is 3.55. The molecule has 2 N–H and O–H groups in total. The van der Waals surface area contributed by atoms with Gasteiger partial charge in [0.1, 0.15) is 0 Å². The lowest BCUT2D eigenvalue weighted by atomic mass is 9.85. The average molecular weight is 264 g/mol. The van der Waals surface area contributed by atoms with Crippen LogP contribution in [0.3, 0.4) is 0 Å². The second kappa shape index (κ2) is 6.58. The van der Waals surface area contributed by atoms with E-state index in [1.165, 1.54) is 77.2 Å². The summed E-state index contributed by atoms with van der Waals surface area (Å²) in [5.74, 6) is 1.90. The van der Waals surface area contributed by atoms with Gasteiger partial charge >= 0.3 is 0 Å². The fraction of sp³-hybridized carbons (Fsp3) is 1.00. The van der Waals surface area contributed by atoms with Crippen LogP contribution in [0.2, 0.25) is 0 Å². The highest BCUT2D eigenvalue weighted by Crippen LogP contribution is 2.40. The number of piperidine rings is 1. The summed E-state index contributed by atoms with van der Waals surface area (Å²) in [6, 6.07) is 1.59. The minimum absolute atomic E-state index is 0.698. The zero-order valence-electron chi connectivity index (χ0n) is 12.5. The molecular formula is C17H32N2. The summed E-state index contributed by atoms with van der Waals surface area (Å²) in [5, 5.41) is 0. The molecule has 3 unspecified atom stereocenters. The third-order valence-corrected chi connectivity index (χ3v) is 6.15. The molecule has 3 aliphatic rings. The first-order valence-electron chi connectivity index (χ1n) is 8.86. The Labute approximate surface area is 119 Å². The molecular weight excluding hydrogens is 232 g/mol. The highest BCUT2D eigenvalue weighted by atomic mass is 15.2. The van der Waals surface area contributed by atoms with Crippen LogP contribution in [0.15, 0.2) is 0 Å². The van der Waals surface area contributed by atoms with Crippen LogP contribution in [0.5, 0.6) is 0 Å². The maximum absolute atomic E-state index is 6.23. The Bertz CT molecular complexity index is 270. The molecule has 0 bridgehead atoms. The van der Waals surface area contributed by atoms with Crippen molar-refractivity contribution in [3.63, 3.8) is 0 Å². The number of nitrogens with zero attached hydrogens (tertiary/aromatic N) is 1. The van der Waals surface area contributed by atoms with Crippen LogP contribution in [-0.4, -0.2) is 30.1 Å². The van der Waals surface area contributed by atoms with Crippen molar-refractivity contribution in [3.05, 3.63) is 0 Å². The van der Waals surface area contributed by atoms with Crippen LogP contribution in [0, 0.1) is 11.8 Å². The molecule has 1 aliphatic heterocycles. The summed E-state index contributed by atoms with van der Waals surface area (Å²) >= 11 is 0. The lowest BCUT2D eigenvalue weighted by Crippen LogP contribution is -2.54. The Balaban J connectivity index is 1.69. The van der Waals surface area contributed by atoms with Gasteiger partial charge < -0.3 is 5.73 Å². The van der Waals surface area contributed by atoms with Gasteiger partial charge in [-0.25, -0.2) is 0 Å². The molecule has 2 heteroatoms. The van der Waals surface area contributed by atoms with Crippen molar-refractivity contribution in [2.75, 3.05) is 13.1 Å². The van der Waals surface area contributed by atoms with Gasteiger partial charge in [-0.05, 0) is 56.9 Å². The minimum Gasteiger partial charge on any atom is -0.329 e. The number of hydrogen-bond donors (Lipinski definition) is 1. The molecule has 0 spiro atoms. The van der Waals surface area contributed by atoms with Gasteiger partial charge in [0.05, 0.1) is 0 Å². The molecule has 0 radical (unpaired) electrons. The Kier molecular flexibility index (Phi) is 4.81. The molecule has 1 heterocycles. The average Bonchev–Trinajstić information content (AvgIpc) is 2.76. The molecule has 110 valence electrons. The third-order valence-electron chi connectivity index (χ3n) is 6.15. The maximum atomic E-state index is 6.23. The fourth-order valence-electron chi connectivity index (χ4n) is 5.20. The van der Waals surface area contributed by atoms with Gasteiger partial charge in [-0.1, -0.05) is 32.1 Å². The highest BCUT2D eigenvalue weighted by molar-refractivity contribution is 4.94. The standard InChI is InChI=1S/C17H32N2/c18-13-17(15-7-3-1-2-4-8-15)19-12-6-10-14-9-5-11-16(14)19/h14-17H,1-13,18H2. The molecule has 0 aromatic heterocycles. The largest absolute Gasteiger partial charge is 0.329 e. The Morgan fingerprint density at radius 3 is 2.32 bits per heavy atom. The van der Waals surface area contributed by atoms with Gasteiger partial charge in [-0.15, -0.1) is 0 Å². The van der Waals surface area contributed by atoms with Gasteiger partial charge in [-0.3, -0.25) is 4.90 Å². The van der Waals surface area contributed by atoms with E-state index in [0.717, 1.165) is 24.4 Å². The Hall–Kier alpha value is -0.0800. The SMILES string of the molecule is NCC(C1CCCCCC1)N1CCCC2CCCC21. The maximum Gasteiger partial charge on any atom is 0.0249 e. The number of rotatable bonds is 3. The normalized spacial score (nSPS) is 35.8. The quantitative estimate of drug-likeness (QED) is 0.790. The predicted molar refractivity (Wildman–Crippen MR) is 81.1 cm³/mol. The van der Waals surface area contributed by atoms with E-state index in [-0.39, 0.29) is 0 Å². The van der Waals surface area contributed by atoms with Crippen molar-refractivity contribution in [2.45, 2.75) is 82.7 Å². The van der Waals surface area contributed by atoms with Gasteiger partial charge in [0.25, 0.3) is 0 Å². The highest BCUT2D eigenvalue weighted by Gasteiger charge is 2.39. The molecule has 2 nitrogen and oxygen atoms in total. The van der Waals surface area contributed by atoms with E-state index in [1.807, 2.05) is 0 Å². The van der Waals surface area contributed by atoms with Crippen molar-refractivity contribution < 1.29 is 0 Å². The summed E-state index contributed by atoms with van der Waals surface area (Å²) in [6.45, 7) is 2.23. The van der Waals surface area contributed by atoms with E-state index in [0.29, 0.717) is 6.04 Å². The summed E-state index contributed by atoms with van der Waals surface area (Å²) in [5.41, 5.74) is 6.23. The fourth-order valence-corrected chi connectivity index (χ4v) is 5.20. The van der Waals surface area contributed by atoms with E-state index >= 15 is 0 Å². The first-order valence-corrected chi connectivity index (χ1v) is 8.86. The number of likely N-dealkylation sites (tertiary alicyclic amines) is 1. The van der Waals surface area contributed by atoms with E-state index in [2.05, 4.69) is 4.90 Å². The summed E-state index contributed by atoms with van der Waals surface area (Å²) in [4.78, 5) is 2.87. The van der Waals surface area contributed by atoms with E-state index in [4.69, 9.17) is 5.73 Å². The zero-order valence-corrected chi connectivity index (χ0v) is 12.5. The lowest BCUT2D eigenvalue weighted by molar-refractivity contribution is 0.0388. The van der Waals surface area contributed by atoms with Crippen molar-refractivity contribution in [1.82, 2.24) is 4.90 Å². The Morgan fingerprint density at radius 2 is 1.58 bits per heavy atom. The van der Waals surface area contributed by atoms with Gasteiger partial charge in [0, 0.05) is 18.6 Å². The summed E-state index contributed by atoms with van der Waals surface area (Å²) in [6.07, 6.45) is 16.0. The van der Waals surface area contributed by atoms with Crippen LogP contribution < -0.4 is 5.73 Å². The second-order valence-corrected chi connectivity index (χ2v) is 7.19. The molecule has 2 saturated carbocycles. The molecule has 0 amide bonds. The number of fused-ring (bicyclic) bond motifs is 1. The minimum atomic E-state index is 0.698. The van der Waals surface area contributed by atoms with Gasteiger partial charge in [-0.2, -0.15) is 0 Å². The summed E-state index contributed by atoms with van der Waals surface area (Å²) in [7, 11) is 0. The monoisotopic (exact) mass is 264 g/mol. The van der Waals surface area contributed by atoms with Crippen molar-refractivity contribution in [2.24, 2.45) is 17.6 Å². The van der Waals surface area contributed by atoms with E-state index in [1.54, 1.807) is 0 Å². The number of nitrogens with two attached hydrogens (primary N) is 1. The molecule has 0 aromatic carbocycles. The molecule has 1 saturated heterocycles. The van der Waals surface area contributed by atoms with Crippen LogP contribution in [0.1, 0.15) is 70.6 Å². The molecule has 2 aliphatic carbocycles.